The van der Waals surface area contributed by atoms with Gasteiger partial charge in [-0.2, -0.15) is 0 Å². The van der Waals surface area contributed by atoms with Gasteiger partial charge in [0.05, 0.1) is 12.9 Å². The van der Waals surface area contributed by atoms with E-state index in [-0.39, 0.29) is 11.7 Å². The number of ether oxygens (including phenoxy) is 1. The molecule has 1 aromatic carbocycles. The van der Waals surface area contributed by atoms with Crippen LogP contribution in [0.5, 0.6) is 5.75 Å². The minimum Gasteiger partial charge on any atom is -0.497 e. The number of methoxy groups -OCH3 is 1. The summed E-state index contributed by atoms with van der Waals surface area (Å²) in [7, 11) is 1.62. The molecule has 2 heterocycles. The molecular formula is C22H26N4O2S2. The molecule has 0 bridgehead atoms. The highest BCUT2D eigenvalue weighted by Crippen LogP contribution is 2.37. The number of anilines is 1. The Morgan fingerprint density at radius 3 is 2.80 bits per heavy atom. The average Bonchev–Trinajstić information content (AvgIpc) is 3.37. The maximum Gasteiger partial charge on any atom is 0.234 e. The van der Waals surface area contributed by atoms with Crippen molar-refractivity contribution in [2.75, 3.05) is 18.2 Å². The number of carbonyl (C=O) groups excluding carboxylic acids is 1. The number of aryl methyl sites for hydroxylation is 1. The molecule has 1 amide bonds. The van der Waals surface area contributed by atoms with E-state index in [4.69, 9.17) is 4.74 Å². The van der Waals surface area contributed by atoms with Crippen molar-refractivity contribution in [3.8, 4) is 17.1 Å². The van der Waals surface area contributed by atoms with Crippen LogP contribution in [0.15, 0.2) is 34.8 Å². The molecule has 0 spiro atoms. The highest BCUT2D eigenvalue weighted by molar-refractivity contribution is 7.99. The predicted molar refractivity (Wildman–Crippen MR) is 123 cm³/mol. The molecule has 0 aliphatic heterocycles. The van der Waals surface area contributed by atoms with Crippen LogP contribution in [-0.4, -0.2) is 33.5 Å². The zero-order valence-corrected chi connectivity index (χ0v) is 18.9. The van der Waals surface area contributed by atoms with Crippen LogP contribution in [0.25, 0.3) is 11.4 Å². The number of fused-ring (bicyclic) bond motifs is 1. The van der Waals surface area contributed by atoms with Crippen LogP contribution >= 0.6 is 23.1 Å². The van der Waals surface area contributed by atoms with Crippen LogP contribution in [0.3, 0.4) is 0 Å². The fourth-order valence-corrected chi connectivity index (χ4v) is 5.59. The van der Waals surface area contributed by atoms with Crippen molar-refractivity contribution in [2.24, 2.45) is 0 Å². The summed E-state index contributed by atoms with van der Waals surface area (Å²) in [5, 5.41) is 14.9. The molecule has 30 heavy (non-hydrogen) atoms. The van der Waals surface area contributed by atoms with Gasteiger partial charge in [0.15, 0.2) is 11.0 Å². The second-order valence-electron chi connectivity index (χ2n) is 7.28. The molecule has 8 heteroatoms. The Kier molecular flexibility index (Phi) is 6.74. The van der Waals surface area contributed by atoms with Crippen LogP contribution in [0.2, 0.25) is 0 Å². The van der Waals surface area contributed by atoms with E-state index in [1.165, 1.54) is 47.0 Å². The third-order valence-corrected chi connectivity index (χ3v) is 7.23. The highest BCUT2D eigenvalue weighted by Gasteiger charge is 2.22. The molecule has 1 aliphatic rings. The number of rotatable bonds is 8. The number of thiophene rings is 1. The summed E-state index contributed by atoms with van der Waals surface area (Å²) >= 11 is 3.28. The summed E-state index contributed by atoms with van der Waals surface area (Å²) in [6.07, 6.45) is 5.81. The largest absolute Gasteiger partial charge is 0.497 e. The standard InChI is InChI=1S/C22H26N4O2S2/c1-3-12-26-21(18-13-29-19-7-5-4-6-17(18)19)24-25-22(26)30-14-20(27)23-15-8-10-16(28-2)11-9-15/h8-11,13H,3-7,12,14H2,1-2H3,(H,23,27). The van der Waals surface area contributed by atoms with Gasteiger partial charge in [0.25, 0.3) is 0 Å². The molecule has 0 saturated carbocycles. The highest BCUT2D eigenvalue weighted by atomic mass is 32.2. The van der Waals surface area contributed by atoms with E-state index in [1.807, 2.05) is 35.6 Å². The molecule has 1 N–H and O–H groups in total. The number of nitrogens with zero attached hydrogens (tertiary/aromatic N) is 3. The number of amides is 1. The lowest BCUT2D eigenvalue weighted by Crippen LogP contribution is -2.14. The monoisotopic (exact) mass is 442 g/mol. The van der Waals surface area contributed by atoms with E-state index in [2.05, 4.69) is 32.4 Å². The van der Waals surface area contributed by atoms with Gasteiger partial charge in [-0.1, -0.05) is 18.7 Å². The van der Waals surface area contributed by atoms with E-state index in [9.17, 15) is 4.79 Å². The minimum atomic E-state index is -0.0642. The third kappa shape index (κ3) is 4.54. The third-order valence-electron chi connectivity index (χ3n) is 5.17. The Hall–Kier alpha value is -2.32. The maximum absolute atomic E-state index is 12.4. The van der Waals surface area contributed by atoms with Crippen LogP contribution in [-0.2, 0) is 24.2 Å². The number of nitrogens with one attached hydrogen (secondary N) is 1. The first-order chi connectivity index (χ1) is 14.7. The molecular weight excluding hydrogens is 416 g/mol. The van der Waals surface area contributed by atoms with Gasteiger partial charge in [-0.05, 0) is 61.9 Å². The molecule has 1 aliphatic carbocycles. The Bertz CT molecular complexity index is 1010. The summed E-state index contributed by atoms with van der Waals surface area (Å²) < 4.78 is 7.32. The summed E-state index contributed by atoms with van der Waals surface area (Å²) in [4.78, 5) is 13.9. The normalized spacial score (nSPS) is 13.1. The quantitative estimate of drug-likeness (QED) is 0.495. The van der Waals surface area contributed by atoms with Gasteiger partial charge < -0.3 is 14.6 Å². The zero-order valence-electron chi connectivity index (χ0n) is 17.3. The van der Waals surface area contributed by atoms with Crippen molar-refractivity contribution in [3.05, 3.63) is 40.1 Å². The lowest BCUT2D eigenvalue weighted by molar-refractivity contribution is -0.113. The van der Waals surface area contributed by atoms with E-state index in [0.717, 1.165) is 41.8 Å². The summed E-state index contributed by atoms with van der Waals surface area (Å²) in [5.74, 6) is 1.92. The van der Waals surface area contributed by atoms with Crippen LogP contribution in [0, 0.1) is 0 Å². The molecule has 0 saturated heterocycles. The van der Waals surface area contributed by atoms with Crippen molar-refractivity contribution >= 4 is 34.7 Å². The van der Waals surface area contributed by atoms with Crippen molar-refractivity contribution in [3.63, 3.8) is 0 Å². The molecule has 2 aromatic heterocycles. The van der Waals surface area contributed by atoms with Gasteiger partial charge in [-0.3, -0.25) is 4.79 Å². The fraction of sp³-hybridized carbons (Fsp3) is 0.409. The molecule has 0 fully saturated rings. The van der Waals surface area contributed by atoms with Crippen molar-refractivity contribution in [2.45, 2.75) is 50.7 Å². The maximum atomic E-state index is 12.4. The SMILES string of the molecule is CCCn1c(SCC(=O)Nc2ccc(OC)cc2)nnc1-c1csc2c1CCCC2. The smallest absolute Gasteiger partial charge is 0.234 e. The summed E-state index contributed by atoms with van der Waals surface area (Å²) in [6.45, 7) is 2.99. The minimum absolute atomic E-state index is 0.0642. The topological polar surface area (TPSA) is 69.0 Å². The number of hydrogen-bond donors (Lipinski definition) is 1. The van der Waals surface area contributed by atoms with Crippen LogP contribution < -0.4 is 10.1 Å². The Morgan fingerprint density at radius 1 is 1.23 bits per heavy atom. The predicted octanol–water partition coefficient (Wildman–Crippen LogP) is 5.03. The van der Waals surface area contributed by atoms with Crippen LogP contribution in [0.4, 0.5) is 5.69 Å². The van der Waals surface area contributed by atoms with Gasteiger partial charge in [0.2, 0.25) is 5.91 Å². The second kappa shape index (κ2) is 9.66. The van der Waals surface area contributed by atoms with E-state index in [1.54, 1.807) is 7.11 Å². The van der Waals surface area contributed by atoms with E-state index >= 15 is 0 Å². The molecule has 0 radical (unpaired) electrons. The van der Waals surface area contributed by atoms with Gasteiger partial charge in [0.1, 0.15) is 5.75 Å². The first kappa shape index (κ1) is 20.9. The van der Waals surface area contributed by atoms with E-state index in [0.29, 0.717) is 0 Å². The van der Waals surface area contributed by atoms with E-state index < -0.39 is 0 Å². The van der Waals surface area contributed by atoms with Crippen molar-refractivity contribution in [1.29, 1.82) is 0 Å². The lowest BCUT2D eigenvalue weighted by Gasteiger charge is -2.13. The number of carbonyl (C=O) groups is 1. The molecule has 0 atom stereocenters. The number of benzene rings is 1. The molecule has 6 nitrogen and oxygen atoms in total. The molecule has 3 aromatic rings. The number of hydrogen-bond acceptors (Lipinski definition) is 6. The van der Waals surface area contributed by atoms with Crippen molar-refractivity contribution < 1.29 is 9.53 Å². The van der Waals surface area contributed by atoms with Crippen LogP contribution in [0.1, 0.15) is 36.6 Å². The van der Waals surface area contributed by atoms with Crippen molar-refractivity contribution in [1.82, 2.24) is 14.8 Å². The second-order valence-corrected chi connectivity index (χ2v) is 9.19. The van der Waals surface area contributed by atoms with Gasteiger partial charge >= 0.3 is 0 Å². The first-order valence-electron chi connectivity index (χ1n) is 10.3. The average molecular weight is 443 g/mol. The summed E-state index contributed by atoms with van der Waals surface area (Å²) in [5.41, 5.74) is 3.43. The molecule has 0 unspecified atom stereocenters. The Morgan fingerprint density at radius 2 is 2.03 bits per heavy atom. The Labute approximate surface area is 185 Å². The van der Waals surface area contributed by atoms with Gasteiger partial charge in [0, 0.05) is 28.1 Å². The molecule has 4 rings (SSSR count). The number of aromatic nitrogens is 3. The lowest BCUT2D eigenvalue weighted by atomic mass is 9.95. The zero-order chi connectivity index (χ0) is 20.9. The number of thioether (sulfide) groups is 1. The molecule has 158 valence electrons. The fourth-order valence-electron chi connectivity index (χ4n) is 3.70. The van der Waals surface area contributed by atoms with Gasteiger partial charge in [-0.15, -0.1) is 21.5 Å². The van der Waals surface area contributed by atoms with Gasteiger partial charge in [-0.25, -0.2) is 0 Å². The Balaban J connectivity index is 1.46. The summed E-state index contributed by atoms with van der Waals surface area (Å²) in [6, 6.07) is 7.32. The first-order valence-corrected chi connectivity index (χ1v) is 12.2.